The standard InChI is InChI=1S/C32H55N9O10/c1-16(2)12-20(38-30(49)26(17(3)4)39-24(44)14-35-23(43)13-33)28(47)40-27(18(5)6)31(50)37-19(9-10-22(34)42)32(51)41-11-7-8-21(41)29(48)36-15-25(45)46/h16-21,26-27H,7-15,33H2,1-6H3,(H2,34,42)(H,35,43)(H,36,48)(H,37,50)(H,38,49)(H,39,44)(H,40,47)(H,45,46)/t19-,20+,21-,26-,27-/m1/s1. The number of hydrogen-bond acceptors (Lipinski definition) is 10. The lowest BCUT2D eigenvalue weighted by molar-refractivity contribution is -0.143. The highest BCUT2D eigenvalue weighted by molar-refractivity contribution is 5.97. The summed E-state index contributed by atoms with van der Waals surface area (Å²) in [5.74, 6) is -7.73. The van der Waals surface area contributed by atoms with Gasteiger partial charge in [-0.3, -0.25) is 43.2 Å². The van der Waals surface area contributed by atoms with Crippen molar-refractivity contribution in [1.29, 1.82) is 0 Å². The number of carbonyl (C=O) groups excluding carboxylic acids is 8. The zero-order valence-electron chi connectivity index (χ0n) is 30.2. The first kappa shape index (κ1) is 44.2. The average molecular weight is 726 g/mol. The first-order chi connectivity index (χ1) is 23.8. The quantitative estimate of drug-likeness (QED) is 0.0568. The first-order valence-corrected chi connectivity index (χ1v) is 17.0. The Morgan fingerprint density at radius 2 is 1.31 bits per heavy atom. The number of amides is 8. The number of carbonyl (C=O) groups is 9. The molecule has 5 atom stereocenters. The maximum Gasteiger partial charge on any atom is 0.322 e. The molecule has 0 bridgehead atoms. The van der Waals surface area contributed by atoms with Crippen LogP contribution in [0.4, 0.5) is 0 Å². The fourth-order valence-corrected chi connectivity index (χ4v) is 5.35. The van der Waals surface area contributed by atoms with E-state index in [0.717, 1.165) is 0 Å². The first-order valence-electron chi connectivity index (χ1n) is 17.0. The van der Waals surface area contributed by atoms with Crippen LogP contribution in [0, 0.1) is 17.8 Å². The number of carboxylic acid groups (broad SMARTS) is 1. The fourth-order valence-electron chi connectivity index (χ4n) is 5.35. The van der Waals surface area contributed by atoms with E-state index in [1.54, 1.807) is 27.7 Å². The van der Waals surface area contributed by atoms with Crippen LogP contribution in [0.2, 0.25) is 0 Å². The van der Waals surface area contributed by atoms with Gasteiger partial charge < -0.3 is 53.4 Å². The van der Waals surface area contributed by atoms with Crippen LogP contribution in [0.25, 0.3) is 0 Å². The molecule has 11 N–H and O–H groups in total. The van der Waals surface area contributed by atoms with Crippen molar-refractivity contribution in [3.8, 4) is 0 Å². The Morgan fingerprint density at radius 1 is 0.745 bits per heavy atom. The van der Waals surface area contributed by atoms with Gasteiger partial charge in [0.05, 0.1) is 13.1 Å². The molecule has 1 aliphatic heterocycles. The van der Waals surface area contributed by atoms with E-state index in [2.05, 4.69) is 31.9 Å². The van der Waals surface area contributed by atoms with Crippen molar-refractivity contribution in [1.82, 2.24) is 36.8 Å². The maximum atomic E-state index is 13.7. The molecule has 0 aromatic rings. The van der Waals surface area contributed by atoms with Crippen LogP contribution in [-0.4, -0.2) is 120 Å². The predicted molar refractivity (Wildman–Crippen MR) is 183 cm³/mol. The molecule has 288 valence electrons. The summed E-state index contributed by atoms with van der Waals surface area (Å²) in [6, 6.07) is -5.73. The van der Waals surface area contributed by atoms with Crippen LogP contribution in [0.15, 0.2) is 0 Å². The number of rotatable bonds is 21. The molecule has 19 heteroatoms. The largest absolute Gasteiger partial charge is 0.480 e. The molecule has 0 aliphatic carbocycles. The monoisotopic (exact) mass is 725 g/mol. The summed E-state index contributed by atoms with van der Waals surface area (Å²) in [6.45, 7) is 9.09. The van der Waals surface area contributed by atoms with E-state index in [4.69, 9.17) is 16.6 Å². The minimum atomic E-state index is -1.31. The Hall–Kier alpha value is -4.81. The van der Waals surface area contributed by atoms with Crippen molar-refractivity contribution >= 4 is 53.2 Å². The maximum absolute atomic E-state index is 13.7. The van der Waals surface area contributed by atoms with Crippen LogP contribution in [0.1, 0.15) is 73.6 Å². The number of nitrogens with one attached hydrogen (secondary N) is 6. The number of nitrogens with zero attached hydrogens (tertiary/aromatic N) is 1. The second kappa shape index (κ2) is 21.4. The normalized spacial score (nSPS) is 16.4. The molecule has 0 saturated carbocycles. The third-order valence-corrected chi connectivity index (χ3v) is 8.03. The van der Waals surface area contributed by atoms with Crippen molar-refractivity contribution in [3.05, 3.63) is 0 Å². The molecule has 1 fully saturated rings. The molecule has 51 heavy (non-hydrogen) atoms. The summed E-state index contributed by atoms with van der Waals surface area (Å²) < 4.78 is 0. The van der Waals surface area contributed by atoms with Gasteiger partial charge in [0, 0.05) is 13.0 Å². The van der Waals surface area contributed by atoms with Gasteiger partial charge in [-0.05, 0) is 43.4 Å². The van der Waals surface area contributed by atoms with Crippen molar-refractivity contribution in [2.24, 2.45) is 29.2 Å². The fraction of sp³-hybridized carbons (Fsp3) is 0.719. The number of aliphatic carboxylic acids is 1. The Bertz CT molecular complexity index is 1290. The summed E-state index contributed by atoms with van der Waals surface area (Å²) >= 11 is 0. The Labute approximate surface area is 297 Å². The second-order valence-electron chi connectivity index (χ2n) is 13.6. The average Bonchev–Trinajstić information content (AvgIpc) is 3.54. The van der Waals surface area contributed by atoms with E-state index >= 15 is 0 Å². The Kier molecular flexibility index (Phi) is 18.6. The van der Waals surface area contributed by atoms with Gasteiger partial charge in [0.1, 0.15) is 36.8 Å². The molecule has 1 rings (SSSR count). The molecule has 0 spiro atoms. The predicted octanol–water partition coefficient (Wildman–Crippen LogP) is -3.18. The number of carboxylic acids is 1. The van der Waals surface area contributed by atoms with E-state index in [9.17, 15) is 43.2 Å². The van der Waals surface area contributed by atoms with Gasteiger partial charge in [-0.1, -0.05) is 41.5 Å². The van der Waals surface area contributed by atoms with Crippen molar-refractivity contribution in [2.45, 2.75) is 104 Å². The molecule has 0 radical (unpaired) electrons. The minimum Gasteiger partial charge on any atom is -0.480 e. The molecule has 1 aliphatic rings. The summed E-state index contributed by atoms with van der Waals surface area (Å²) in [5, 5.41) is 24.0. The summed E-state index contributed by atoms with van der Waals surface area (Å²) in [5.41, 5.74) is 10.6. The van der Waals surface area contributed by atoms with Crippen LogP contribution in [0.5, 0.6) is 0 Å². The van der Waals surface area contributed by atoms with Gasteiger partial charge in [-0.2, -0.15) is 0 Å². The smallest absolute Gasteiger partial charge is 0.322 e. The SMILES string of the molecule is CC(C)C[C@H](NC(=O)[C@H](NC(=O)CNC(=O)CN)C(C)C)C(=O)N[C@@H](C(=O)N[C@H](CCC(N)=O)C(=O)N1CCC[C@@H]1C(=O)NCC(=O)O)C(C)C. The van der Waals surface area contributed by atoms with Gasteiger partial charge in [-0.25, -0.2) is 0 Å². The van der Waals surface area contributed by atoms with E-state index < -0.39 is 108 Å². The Balaban J connectivity index is 3.18. The summed E-state index contributed by atoms with van der Waals surface area (Å²) in [4.78, 5) is 115. The molecule has 19 nitrogen and oxygen atoms in total. The van der Waals surface area contributed by atoms with Crippen molar-refractivity contribution in [3.63, 3.8) is 0 Å². The highest BCUT2D eigenvalue weighted by atomic mass is 16.4. The van der Waals surface area contributed by atoms with E-state index in [0.29, 0.717) is 6.42 Å². The van der Waals surface area contributed by atoms with E-state index in [1.807, 2.05) is 13.8 Å². The molecule has 0 aromatic heterocycles. The second-order valence-corrected chi connectivity index (χ2v) is 13.6. The lowest BCUT2D eigenvalue weighted by atomic mass is 9.98. The lowest BCUT2D eigenvalue weighted by Crippen LogP contribution is -2.61. The molecular formula is C32H55N9O10. The van der Waals surface area contributed by atoms with E-state index in [1.165, 1.54) is 4.90 Å². The van der Waals surface area contributed by atoms with Gasteiger partial charge in [0.25, 0.3) is 0 Å². The van der Waals surface area contributed by atoms with Gasteiger partial charge >= 0.3 is 5.97 Å². The number of nitrogens with two attached hydrogens (primary N) is 2. The summed E-state index contributed by atoms with van der Waals surface area (Å²) in [6.07, 6.45) is 0.369. The number of likely N-dealkylation sites (tertiary alicyclic amines) is 1. The van der Waals surface area contributed by atoms with Crippen molar-refractivity contribution in [2.75, 3.05) is 26.2 Å². The minimum absolute atomic E-state index is 0.0946. The van der Waals surface area contributed by atoms with Crippen LogP contribution in [0.3, 0.4) is 0 Å². The highest BCUT2D eigenvalue weighted by Gasteiger charge is 2.39. The molecule has 1 saturated heterocycles. The number of primary amides is 1. The molecule has 0 aromatic carbocycles. The van der Waals surface area contributed by atoms with Crippen LogP contribution >= 0.6 is 0 Å². The van der Waals surface area contributed by atoms with Crippen LogP contribution in [-0.2, 0) is 43.2 Å². The molecular weight excluding hydrogens is 670 g/mol. The number of hydrogen-bond donors (Lipinski definition) is 9. The van der Waals surface area contributed by atoms with Crippen LogP contribution < -0.4 is 43.4 Å². The third kappa shape index (κ3) is 15.3. The summed E-state index contributed by atoms with van der Waals surface area (Å²) in [7, 11) is 0. The molecule has 1 heterocycles. The third-order valence-electron chi connectivity index (χ3n) is 8.03. The topological polar surface area (TPSA) is 301 Å². The zero-order valence-corrected chi connectivity index (χ0v) is 30.2. The van der Waals surface area contributed by atoms with Gasteiger partial charge in [-0.15, -0.1) is 0 Å². The molecule has 0 unspecified atom stereocenters. The van der Waals surface area contributed by atoms with Gasteiger partial charge in [0.2, 0.25) is 47.3 Å². The van der Waals surface area contributed by atoms with Gasteiger partial charge in [0.15, 0.2) is 0 Å². The lowest BCUT2D eigenvalue weighted by Gasteiger charge is -2.31. The van der Waals surface area contributed by atoms with Crippen molar-refractivity contribution < 1.29 is 48.3 Å². The highest BCUT2D eigenvalue weighted by Crippen LogP contribution is 2.20. The van der Waals surface area contributed by atoms with E-state index in [-0.39, 0.29) is 44.7 Å². The zero-order chi connectivity index (χ0) is 39.0. The Morgan fingerprint density at radius 3 is 1.82 bits per heavy atom. The molecule has 8 amide bonds.